The molecule has 26 heavy (non-hydrogen) atoms. The van der Waals surface area contributed by atoms with Crippen molar-refractivity contribution < 1.29 is 8.78 Å². The van der Waals surface area contributed by atoms with Gasteiger partial charge in [0.2, 0.25) is 0 Å². The maximum Gasteiger partial charge on any atom is 0.191 e. The Hall–Kier alpha value is -2.21. The number of aliphatic imine (C=N–C) groups is 1. The van der Waals surface area contributed by atoms with Crippen molar-refractivity contribution in [1.29, 1.82) is 5.26 Å². The van der Waals surface area contributed by atoms with Crippen molar-refractivity contribution in [2.24, 2.45) is 4.99 Å². The molecular formula is C19H21F2IN4. The zero-order chi connectivity index (χ0) is 18.1. The zero-order valence-corrected chi connectivity index (χ0v) is 16.8. The molecule has 0 radical (unpaired) electrons. The standard InChI is InChI=1S/C19H20F2N4.HI/c1-2-23-19(24-10-9-14-4-7-17(20)8-5-14)25-13-16-6-3-15(12-22)11-18(16)21;/h3-8,11H,2,9-10,13H2,1H3,(H2,23,24,25);1H. The first-order valence-corrected chi connectivity index (χ1v) is 8.07. The quantitative estimate of drug-likeness (QED) is 0.384. The van der Waals surface area contributed by atoms with Crippen LogP contribution in [0, 0.1) is 23.0 Å². The van der Waals surface area contributed by atoms with Gasteiger partial charge in [-0.05, 0) is 43.2 Å². The Morgan fingerprint density at radius 2 is 1.85 bits per heavy atom. The van der Waals surface area contributed by atoms with E-state index in [1.807, 2.05) is 13.0 Å². The molecule has 7 heteroatoms. The Bertz CT molecular complexity index is 770. The van der Waals surface area contributed by atoms with Gasteiger partial charge in [-0.25, -0.2) is 13.8 Å². The van der Waals surface area contributed by atoms with E-state index in [0.29, 0.717) is 24.6 Å². The predicted molar refractivity (Wildman–Crippen MR) is 109 cm³/mol. The van der Waals surface area contributed by atoms with Gasteiger partial charge >= 0.3 is 0 Å². The Labute approximate surface area is 169 Å². The van der Waals surface area contributed by atoms with E-state index in [0.717, 1.165) is 12.0 Å². The average molecular weight is 470 g/mol. The summed E-state index contributed by atoms with van der Waals surface area (Å²) in [5.74, 6) is -0.116. The summed E-state index contributed by atoms with van der Waals surface area (Å²) < 4.78 is 26.8. The smallest absolute Gasteiger partial charge is 0.191 e. The summed E-state index contributed by atoms with van der Waals surface area (Å²) in [4.78, 5) is 4.36. The molecule has 0 aromatic heterocycles. The van der Waals surface area contributed by atoms with Crippen LogP contribution in [-0.4, -0.2) is 19.0 Å². The normalized spacial score (nSPS) is 10.6. The monoisotopic (exact) mass is 470 g/mol. The van der Waals surface area contributed by atoms with Gasteiger partial charge in [0.05, 0.1) is 18.2 Å². The van der Waals surface area contributed by atoms with Crippen LogP contribution >= 0.6 is 24.0 Å². The summed E-state index contributed by atoms with van der Waals surface area (Å²) in [6, 6.07) is 12.6. The van der Waals surface area contributed by atoms with Crippen molar-refractivity contribution >= 4 is 29.9 Å². The summed E-state index contributed by atoms with van der Waals surface area (Å²) >= 11 is 0. The number of rotatable bonds is 6. The number of nitrogens with one attached hydrogen (secondary N) is 2. The molecule has 4 nitrogen and oxygen atoms in total. The molecule has 0 bridgehead atoms. The fourth-order valence-corrected chi connectivity index (χ4v) is 2.23. The predicted octanol–water partition coefficient (Wildman–Crippen LogP) is 3.75. The molecule has 0 heterocycles. The van der Waals surface area contributed by atoms with E-state index in [1.54, 1.807) is 24.3 Å². The summed E-state index contributed by atoms with van der Waals surface area (Å²) in [5.41, 5.74) is 1.73. The van der Waals surface area contributed by atoms with Crippen LogP contribution in [0.4, 0.5) is 8.78 Å². The first kappa shape index (κ1) is 21.8. The topological polar surface area (TPSA) is 60.2 Å². The van der Waals surface area contributed by atoms with E-state index < -0.39 is 5.82 Å². The highest BCUT2D eigenvalue weighted by Gasteiger charge is 2.04. The second-order valence-corrected chi connectivity index (χ2v) is 5.42. The number of hydrogen-bond donors (Lipinski definition) is 2. The lowest BCUT2D eigenvalue weighted by molar-refractivity contribution is 0.609. The van der Waals surface area contributed by atoms with Crippen molar-refractivity contribution in [2.45, 2.75) is 19.9 Å². The molecule has 0 atom stereocenters. The third-order valence-electron chi connectivity index (χ3n) is 3.55. The molecule has 0 saturated heterocycles. The largest absolute Gasteiger partial charge is 0.357 e. The number of halogens is 3. The lowest BCUT2D eigenvalue weighted by Gasteiger charge is -2.11. The molecule has 0 spiro atoms. The maximum absolute atomic E-state index is 13.9. The number of nitrogens with zero attached hydrogens (tertiary/aromatic N) is 2. The first-order chi connectivity index (χ1) is 12.1. The lowest BCUT2D eigenvalue weighted by atomic mass is 10.1. The van der Waals surface area contributed by atoms with Crippen molar-refractivity contribution in [3.05, 3.63) is 70.8 Å². The molecule has 0 saturated carbocycles. The van der Waals surface area contributed by atoms with E-state index in [9.17, 15) is 8.78 Å². The van der Waals surface area contributed by atoms with Gasteiger partial charge in [-0.15, -0.1) is 24.0 Å². The van der Waals surface area contributed by atoms with Crippen molar-refractivity contribution in [3.8, 4) is 6.07 Å². The van der Waals surface area contributed by atoms with Crippen LogP contribution in [0.2, 0.25) is 0 Å². The molecule has 2 aromatic rings. The molecule has 0 amide bonds. The summed E-state index contributed by atoms with van der Waals surface area (Å²) in [5, 5.41) is 15.0. The van der Waals surface area contributed by atoms with Gasteiger partial charge < -0.3 is 10.6 Å². The highest BCUT2D eigenvalue weighted by molar-refractivity contribution is 14.0. The lowest BCUT2D eigenvalue weighted by Crippen LogP contribution is -2.38. The number of guanidine groups is 1. The van der Waals surface area contributed by atoms with Crippen molar-refractivity contribution in [2.75, 3.05) is 13.1 Å². The second kappa shape index (κ2) is 11.4. The Morgan fingerprint density at radius 1 is 1.12 bits per heavy atom. The fraction of sp³-hybridized carbons (Fsp3) is 0.263. The van der Waals surface area contributed by atoms with Gasteiger partial charge in [-0.2, -0.15) is 5.26 Å². The molecule has 2 N–H and O–H groups in total. The van der Waals surface area contributed by atoms with Crippen LogP contribution in [0.5, 0.6) is 0 Å². The van der Waals surface area contributed by atoms with Crippen molar-refractivity contribution in [3.63, 3.8) is 0 Å². The Balaban J connectivity index is 0.00000338. The number of hydrogen-bond acceptors (Lipinski definition) is 2. The second-order valence-electron chi connectivity index (χ2n) is 5.42. The van der Waals surface area contributed by atoms with Gasteiger partial charge in [0.1, 0.15) is 11.6 Å². The van der Waals surface area contributed by atoms with Crippen LogP contribution in [0.1, 0.15) is 23.6 Å². The van der Waals surface area contributed by atoms with Gasteiger partial charge in [0, 0.05) is 18.7 Å². The number of benzene rings is 2. The van der Waals surface area contributed by atoms with E-state index in [4.69, 9.17) is 5.26 Å². The molecule has 0 unspecified atom stereocenters. The van der Waals surface area contributed by atoms with E-state index in [2.05, 4.69) is 15.6 Å². The minimum Gasteiger partial charge on any atom is -0.357 e. The maximum atomic E-state index is 13.9. The molecule has 0 aliphatic heterocycles. The van der Waals surface area contributed by atoms with Gasteiger partial charge in [-0.1, -0.05) is 18.2 Å². The fourth-order valence-electron chi connectivity index (χ4n) is 2.23. The van der Waals surface area contributed by atoms with Crippen LogP contribution in [0.25, 0.3) is 0 Å². The van der Waals surface area contributed by atoms with Crippen LogP contribution in [0.15, 0.2) is 47.5 Å². The third kappa shape index (κ3) is 6.96. The molecule has 2 aromatic carbocycles. The molecule has 138 valence electrons. The van der Waals surface area contributed by atoms with E-state index >= 15 is 0 Å². The molecule has 0 fully saturated rings. The summed E-state index contributed by atoms with van der Waals surface area (Å²) in [6.45, 7) is 3.41. The minimum absolute atomic E-state index is 0. The highest BCUT2D eigenvalue weighted by Crippen LogP contribution is 2.11. The Morgan fingerprint density at radius 3 is 2.46 bits per heavy atom. The minimum atomic E-state index is -0.440. The third-order valence-corrected chi connectivity index (χ3v) is 3.55. The molecule has 0 aliphatic rings. The molecular weight excluding hydrogens is 449 g/mol. The van der Waals surface area contributed by atoms with Gasteiger partial charge in [-0.3, -0.25) is 0 Å². The SMILES string of the molecule is CCNC(=NCc1ccc(C#N)cc1F)NCCc1ccc(F)cc1.I. The number of nitriles is 1. The van der Waals surface area contributed by atoms with E-state index in [-0.39, 0.29) is 41.9 Å². The Kier molecular flexibility index (Phi) is 9.58. The van der Waals surface area contributed by atoms with Crippen LogP contribution in [0.3, 0.4) is 0 Å². The van der Waals surface area contributed by atoms with Crippen LogP contribution in [-0.2, 0) is 13.0 Å². The average Bonchev–Trinajstić information content (AvgIpc) is 2.62. The van der Waals surface area contributed by atoms with Crippen LogP contribution < -0.4 is 10.6 Å². The zero-order valence-electron chi connectivity index (χ0n) is 14.4. The molecule has 2 rings (SSSR count). The van der Waals surface area contributed by atoms with Crippen molar-refractivity contribution in [1.82, 2.24) is 10.6 Å². The first-order valence-electron chi connectivity index (χ1n) is 8.07. The summed E-state index contributed by atoms with van der Waals surface area (Å²) in [6.07, 6.45) is 0.718. The van der Waals surface area contributed by atoms with Gasteiger partial charge in [0.25, 0.3) is 0 Å². The molecule has 0 aliphatic carbocycles. The summed E-state index contributed by atoms with van der Waals surface area (Å²) in [7, 11) is 0. The van der Waals surface area contributed by atoms with Gasteiger partial charge in [0.15, 0.2) is 5.96 Å². The highest BCUT2D eigenvalue weighted by atomic mass is 127. The van der Waals surface area contributed by atoms with E-state index in [1.165, 1.54) is 18.2 Å².